The summed E-state index contributed by atoms with van der Waals surface area (Å²) in [5, 5.41) is 13.3. The first-order chi connectivity index (χ1) is 8.67. The predicted octanol–water partition coefficient (Wildman–Crippen LogP) is 2.96. The van der Waals surface area contributed by atoms with Gasteiger partial charge in [-0.25, -0.2) is 0 Å². The first kappa shape index (κ1) is 15.8. The van der Waals surface area contributed by atoms with E-state index in [0.29, 0.717) is 11.4 Å². The van der Waals surface area contributed by atoms with Gasteiger partial charge in [-0.15, -0.1) is 0 Å². The number of hydrogen-bond donors (Lipinski definition) is 1. The van der Waals surface area contributed by atoms with Crippen LogP contribution in [-0.2, 0) is 4.74 Å². The molecule has 0 aliphatic carbocycles. The van der Waals surface area contributed by atoms with Gasteiger partial charge in [0.25, 0.3) is 0 Å². The van der Waals surface area contributed by atoms with E-state index >= 15 is 0 Å². The maximum absolute atomic E-state index is 9.32. The standard InChI is InChI=1S/C14H26N2OS/c1-4-14(11-15,16-5-2)8-6-10-18-13-7-9-17-12(13)3/h12-13,16H,4-10H2,1-3H3. The van der Waals surface area contributed by atoms with E-state index in [9.17, 15) is 5.26 Å². The fourth-order valence-electron chi connectivity index (χ4n) is 2.44. The van der Waals surface area contributed by atoms with E-state index in [2.05, 4.69) is 32.2 Å². The van der Waals surface area contributed by atoms with Crippen LogP contribution in [0.4, 0.5) is 0 Å². The SMILES string of the molecule is CCNC(C#N)(CC)CCCSC1CCOC1C. The van der Waals surface area contributed by atoms with Gasteiger partial charge in [-0.2, -0.15) is 17.0 Å². The number of rotatable bonds is 8. The highest BCUT2D eigenvalue weighted by molar-refractivity contribution is 7.99. The van der Waals surface area contributed by atoms with Crippen molar-refractivity contribution in [1.29, 1.82) is 5.26 Å². The fourth-order valence-corrected chi connectivity index (χ4v) is 3.67. The van der Waals surface area contributed by atoms with Crippen molar-refractivity contribution in [3.63, 3.8) is 0 Å². The van der Waals surface area contributed by atoms with E-state index in [4.69, 9.17) is 4.74 Å². The molecule has 3 unspecified atom stereocenters. The minimum atomic E-state index is -0.312. The second kappa shape index (κ2) is 8.04. The van der Waals surface area contributed by atoms with Crippen LogP contribution in [0.3, 0.4) is 0 Å². The lowest BCUT2D eigenvalue weighted by atomic mass is 9.92. The van der Waals surface area contributed by atoms with Gasteiger partial charge in [0.15, 0.2) is 0 Å². The molecule has 1 heterocycles. The van der Waals surface area contributed by atoms with Crippen molar-refractivity contribution >= 4 is 11.8 Å². The van der Waals surface area contributed by atoms with Gasteiger partial charge in [0.05, 0.1) is 12.2 Å². The van der Waals surface area contributed by atoms with Gasteiger partial charge in [-0.3, -0.25) is 5.32 Å². The van der Waals surface area contributed by atoms with Crippen LogP contribution in [-0.4, -0.2) is 35.8 Å². The topological polar surface area (TPSA) is 45.0 Å². The quantitative estimate of drug-likeness (QED) is 0.689. The monoisotopic (exact) mass is 270 g/mol. The zero-order valence-corrected chi connectivity index (χ0v) is 12.7. The van der Waals surface area contributed by atoms with E-state index in [1.807, 2.05) is 11.8 Å². The normalized spacial score (nSPS) is 26.8. The molecular formula is C14H26N2OS. The van der Waals surface area contributed by atoms with Crippen LogP contribution in [0.25, 0.3) is 0 Å². The Bertz CT molecular complexity index is 279. The largest absolute Gasteiger partial charge is 0.377 e. The second-order valence-electron chi connectivity index (χ2n) is 4.96. The lowest BCUT2D eigenvalue weighted by molar-refractivity contribution is 0.127. The summed E-state index contributed by atoms with van der Waals surface area (Å²) in [5.41, 5.74) is -0.312. The Balaban J connectivity index is 2.25. The third kappa shape index (κ3) is 4.46. The molecule has 0 radical (unpaired) electrons. The molecule has 1 N–H and O–H groups in total. The highest BCUT2D eigenvalue weighted by atomic mass is 32.2. The molecule has 3 atom stereocenters. The number of thioether (sulfide) groups is 1. The molecule has 1 rings (SSSR count). The Morgan fingerprint density at radius 1 is 1.50 bits per heavy atom. The molecule has 18 heavy (non-hydrogen) atoms. The molecule has 0 aromatic heterocycles. The summed E-state index contributed by atoms with van der Waals surface area (Å²) in [4.78, 5) is 0. The number of hydrogen-bond acceptors (Lipinski definition) is 4. The first-order valence-corrected chi connectivity index (χ1v) is 8.11. The molecule has 1 fully saturated rings. The average Bonchev–Trinajstić information content (AvgIpc) is 2.79. The van der Waals surface area contributed by atoms with Crippen molar-refractivity contribution in [3.05, 3.63) is 0 Å². The summed E-state index contributed by atoms with van der Waals surface area (Å²) >= 11 is 2.01. The lowest BCUT2D eigenvalue weighted by Crippen LogP contribution is -2.43. The van der Waals surface area contributed by atoms with Crippen LogP contribution in [0.5, 0.6) is 0 Å². The highest BCUT2D eigenvalue weighted by Gasteiger charge is 2.27. The maximum Gasteiger partial charge on any atom is 0.106 e. The number of ether oxygens (including phenoxy) is 1. The van der Waals surface area contributed by atoms with E-state index < -0.39 is 0 Å². The maximum atomic E-state index is 9.32. The Labute approximate surface area is 116 Å². The molecule has 1 aliphatic rings. The minimum Gasteiger partial charge on any atom is -0.377 e. The first-order valence-electron chi connectivity index (χ1n) is 7.07. The summed E-state index contributed by atoms with van der Waals surface area (Å²) < 4.78 is 5.56. The molecule has 0 aromatic rings. The average molecular weight is 270 g/mol. The van der Waals surface area contributed by atoms with Crippen molar-refractivity contribution in [2.24, 2.45) is 0 Å². The lowest BCUT2D eigenvalue weighted by Gasteiger charge is -2.26. The Kier molecular flexibility index (Phi) is 7.06. The van der Waals surface area contributed by atoms with Gasteiger partial charge in [0.2, 0.25) is 0 Å². The van der Waals surface area contributed by atoms with Crippen LogP contribution >= 0.6 is 11.8 Å². The third-order valence-corrected chi connectivity index (χ3v) is 5.29. The van der Waals surface area contributed by atoms with Gasteiger partial charge >= 0.3 is 0 Å². The molecule has 1 aliphatic heterocycles. The molecule has 0 saturated carbocycles. The van der Waals surface area contributed by atoms with Gasteiger partial charge in [0.1, 0.15) is 5.54 Å². The van der Waals surface area contributed by atoms with Crippen LogP contribution in [0.15, 0.2) is 0 Å². The molecule has 0 amide bonds. The van der Waals surface area contributed by atoms with E-state index in [1.165, 1.54) is 6.42 Å². The van der Waals surface area contributed by atoms with Crippen molar-refractivity contribution in [2.75, 3.05) is 18.9 Å². The molecule has 0 bridgehead atoms. The van der Waals surface area contributed by atoms with Gasteiger partial charge < -0.3 is 4.74 Å². The zero-order valence-electron chi connectivity index (χ0n) is 11.9. The van der Waals surface area contributed by atoms with Crippen LogP contribution in [0.2, 0.25) is 0 Å². The molecular weight excluding hydrogens is 244 g/mol. The van der Waals surface area contributed by atoms with Gasteiger partial charge in [-0.1, -0.05) is 13.8 Å². The zero-order chi connectivity index (χ0) is 13.4. The number of nitriles is 1. The van der Waals surface area contributed by atoms with Gasteiger partial charge in [0, 0.05) is 11.9 Å². The summed E-state index contributed by atoms with van der Waals surface area (Å²) in [6.07, 6.45) is 4.50. The molecule has 4 heteroatoms. The summed E-state index contributed by atoms with van der Waals surface area (Å²) in [6, 6.07) is 2.46. The minimum absolute atomic E-state index is 0.312. The summed E-state index contributed by atoms with van der Waals surface area (Å²) in [6.45, 7) is 8.09. The van der Waals surface area contributed by atoms with Gasteiger partial charge in [-0.05, 0) is 44.9 Å². The molecule has 1 saturated heterocycles. The fraction of sp³-hybridized carbons (Fsp3) is 0.929. The second-order valence-corrected chi connectivity index (χ2v) is 6.30. The summed E-state index contributed by atoms with van der Waals surface area (Å²) in [7, 11) is 0. The molecule has 3 nitrogen and oxygen atoms in total. The van der Waals surface area contributed by atoms with Crippen molar-refractivity contribution in [3.8, 4) is 6.07 Å². The Morgan fingerprint density at radius 2 is 2.28 bits per heavy atom. The Hall–Kier alpha value is -0.240. The molecule has 0 spiro atoms. The van der Waals surface area contributed by atoms with Crippen molar-refractivity contribution in [1.82, 2.24) is 5.32 Å². The van der Waals surface area contributed by atoms with Crippen molar-refractivity contribution in [2.45, 2.75) is 63.3 Å². The van der Waals surface area contributed by atoms with Crippen LogP contribution < -0.4 is 5.32 Å². The van der Waals surface area contributed by atoms with Crippen LogP contribution in [0, 0.1) is 11.3 Å². The molecule has 104 valence electrons. The van der Waals surface area contributed by atoms with Crippen molar-refractivity contribution < 1.29 is 4.74 Å². The smallest absolute Gasteiger partial charge is 0.106 e. The number of nitrogens with one attached hydrogen (secondary N) is 1. The molecule has 0 aromatic carbocycles. The van der Waals surface area contributed by atoms with E-state index in [-0.39, 0.29) is 5.54 Å². The van der Waals surface area contributed by atoms with Crippen LogP contribution in [0.1, 0.15) is 46.5 Å². The van der Waals surface area contributed by atoms with E-state index in [1.54, 1.807) is 0 Å². The highest BCUT2D eigenvalue weighted by Crippen LogP contribution is 2.28. The third-order valence-electron chi connectivity index (χ3n) is 3.72. The summed E-state index contributed by atoms with van der Waals surface area (Å²) in [5.74, 6) is 1.13. The van der Waals surface area contributed by atoms with E-state index in [0.717, 1.165) is 38.2 Å². The Morgan fingerprint density at radius 3 is 2.78 bits per heavy atom. The predicted molar refractivity (Wildman–Crippen MR) is 77.8 cm³/mol. The number of nitrogens with zero attached hydrogens (tertiary/aromatic N) is 1.